The van der Waals surface area contributed by atoms with Crippen LogP contribution in [0.15, 0.2) is 0 Å². The summed E-state index contributed by atoms with van der Waals surface area (Å²) in [6.07, 6.45) is 3.19. The molecule has 0 aliphatic carbocycles. The lowest BCUT2D eigenvalue weighted by atomic mass is 9.89. The zero-order valence-corrected chi connectivity index (χ0v) is 10.3. The van der Waals surface area contributed by atoms with Crippen molar-refractivity contribution in [3.63, 3.8) is 0 Å². The van der Waals surface area contributed by atoms with Crippen LogP contribution in [-0.2, 0) is 14.3 Å². The molecule has 5 heteroatoms. The number of esters is 1. The Kier molecular flexibility index (Phi) is 3.12. The first kappa shape index (κ1) is 12.4. The van der Waals surface area contributed by atoms with Crippen LogP contribution in [0.3, 0.4) is 0 Å². The molecule has 2 saturated heterocycles. The highest BCUT2D eigenvalue weighted by Gasteiger charge is 2.50. The molecule has 5 nitrogen and oxygen atoms in total. The second kappa shape index (κ2) is 4.29. The van der Waals surface area contributed by atoms with E-state index in [0.717, 1.165) is 19.3 Å². The highest BCUT2D eigenvalue weighted by Crippen LogP contribution is 2.37. The number of piperidine rings is 1. The summed E-state index contributed by atoms with van der Waals surface area (Å²) in [5, 5.41) is 9.27. The van der Waals surface area contributed by atoms with Crippen molar-refractivity contribution >= 4 is 11.9 Å². The highest BCUT2D eigenvalue weighted by atomic mass is 16.6. The molecule has 0 bridgehead atoms. The molecule has 2 aliphatic heterocycles. The van der Waals surface area contributed by atoms with Gasteiger partial charge in [0.25, 0.3) is 5.91 Å². The summed E-state index contributed by atoms with van der Waals surface area (Å²) in [5.41, 5.74) is -1.04. The fourth-order valence-electron chi connectivity index (χ4n) is 2.99. The molecule has 0 aromatic carbocycles. The fourth-order valence-corrected chi connectivity index (χ4v) is 2.99. The van der Waals surface area contributed by atoms with Crippen LogP contribution >= 0.6 is 0 Å². The van der Waals surface area contributed by atoms with E-state index < -0.39 is 11.6 Å². The SMILES string of the molecule is CC(=O)O[C@@]1(C)CC[C@@H]2CC[C@@H](CO)N2C1=O. The molecule has 0 aromatic heterocycles. The van der Waals surface area contributed by atoms with Gasteiger partial charge in [0.2, 0.25) is 0 Å². The molecule has 2 rings (SSSR count). The van der Waals surface area contributed by atoms with E-state index in [4.69, 9.17) is 4.74 Å². The second-order valence-corrected chi connectivity index (χ2v) is 5.14. The van der Waals surface area contributed by atoms with E-state index in [1.807, 2.05) is 0 Å². The molecule has 2 fully saturated rings. The van der Waals surface area contributed by atoms with Gasteiger partial charge in [-0.05, 0) is 32.6 Å². The first-order chi connectivity index (χ1) is 7.98. The Morgan fingerprint density at radius 2 is 2.24 bits per heavy atom. The predicted molar refractivity (Wildman–Crippen MR) is 60.1 cm³/mol. The molecule has 1 N–H and O–H groups in total. The van der Waals surface area contributed by atoms with Gasteiger partial charge in [-0.2, -0.15) is 0 Å². The summed E-state index contributed by atoms with van der Waals surface area (Å²) in [4.78, 5) is 25.2. The number of hydrogen-bond donors (Lipinski definition) is 1. The Bertz CT molecular complexity index is 337. The summed E-state index contributed by atoms with van der Waals surface area (Å²) in [6.45, 7) is 2.97. The standard InChI is InChI=1S/C12H19NO4/c1-8(15)17-12(2)6-5-9-3-4-10(7-14)13(9)11(12)16/h9-10,14H,3-7H2,1-2H3/t9-,10-,12-/m0/s1. The van der Waals surface area contributed by atoms with Crippen LogP contribution in [0.25, 0.3) is 0 Å². The van der Waals surface area contributed by atoms with Crippen molar-refractivity contribution in [1.82, 2.24) is 4.90 Å². The van der Waals surface area contributed by atoms with Crippen molar-refractivity contribution in [3.8, 4) is 0 Å². The first-order valence-electron chi connectivity index (χ1n) is 6.11. The maximum Gasteiger partial charge on any atom is 0.303 e. The Morgan fingerprint density at radius 3 is 2.82 bits per heavy atom. The van der Waals surface area contributed by atoms with Gasteiger partial charge in [0, 0.05) is 13.0 Å². The third kappa shape index (κ3) is 2.04. The molecule has 1 amide bonds. The van der Waals surface area contributed by atoms with Crippen LogP contribution in [0.1, 0.15) is 39.5 Å². The van der Waals surface area contributed by atoms with Gasteiger partial charge < -0.3 is 14.7 Å². The summed E-state index contributed by atoms with van der Waals surface area (Å²) in [7, 11) is 0. The Balaban J connectivity index is 2.19. The molecule has 2 aliphatic rings. The van der Waals surface area contributed by atoms with Gasteiger partial charge in [-0.1, -0.05) is 0 Å². The van der Waals surface area contributed by atoms with Gasteiger partial charge in [-0.15, -0.1) is 0 Å². The number of rotatable bonds is 2. The van der Waals surface area contributed by atoms with Crippen molar-refractivity contribution in [1.29, 1.82) is 0 Å². The van der Waals surface area contributed by atoms with Crippen LogP contribution < -0.4 is 0 Å². The third-order valence-electron chi connectivity index (χ3n) is 3.84. The molecule has 96 valence electrons. The van der Waals surface area contributed by atoms with Gasteiger partial charge in [-0.3, -0.25) is 9.59 Å². The monoisotopic (exact) mass is 241 g/mol. The van der Waals surface area contributed by atoms with E-state index in [1.165, 1.54) is 6.92 Å². The summed E-state index contributed by atoms with van der Waals surface area (Å²) >= 11 is 0. The van der Waals surface area contributed by atoms with Crippen molar-refractivity contribution in [2.24, 2.45) is 0 Å². The number of ether oxygens (including phenoxy) is 1. The van der Waals surface area contributed by atoms with E-state index in [9.17, 15) is 14.7 Å². The zero-order chi connectivity index (χ0) is 12.6. The van der Waals surface area contributed by atoms with E-state index in [2.05, 4.69) is 0 Å². The lowest BCUT2D eigenvalue weighted by Crippen LogP contribution is -2.58. The maximum absolute atomic E-state index is 12.4. The van der Waals surface area contributed by atoms with Gasteiger partial charge >= 0.3 is 5.97 Å². The first-order valence-corrected chi connectivity index (χ1v) is 6.11. The van der Waals surface area contributed by atoms with Crippen LogP contribution in [-0.4, -0.2) is 46.2 Å². The predicted octanol–water partition coefficient (Wildman–Crippen LogP) is 0.454. The smallest absolute Gasteiger partial charge is 0.303 e. The molecule has 0 unspecified atom stereocenters. The average Bonchev–Trinajstić information content (AvgIpc) is 2.66. The summed E-state index contributed by atoms with van der Waals surface area (Å²) in [6, 6.07) is 0.103. The maximum atomic E-state index is 12.4. The van der Waals surface area contributed by atoms with Crippen LogP contribution in [0.4, 0.5) is 0 Å². The normalized spacial score (nSPS) is 36.9. The fraction of sp³-hybridized carbons (Fsp3) is 0.833. The molecule has 3 atom stereocenters. The minimum atomic E-state index is -1.04. The van der Waals surface area contributed by atoms with Gasteiger partial charge in [0.05, 0.1) is 12.6 Å². The minimum absolute atomic E-state index is 0.0155. The number of amides is 1. The van der Waals surface area contributed by atoms with Crippen LogP contribution in [0, 0.1) is 0 Å². The van der Waals surface area contributed by atoms with Crippen LogP contribution in [0.5, 0.6) is 0 Å². The molecule has 2 heterocycles. The van der Waals surface area contributed by atoms with Gasteiger partial charge in [0.15, 0.2) is 5.60 Å². The van der Waals surface area contributed by atoms with E-state index >= 15 is 0 Å². The van der Waals surface area contributed by atoms with E-state index in [1.54, 1.807) is 11.8 Å². The quantitative estimate of drug-likeness (QED) is 0.713. The molecule has 0 radical (unpaired) electrons. The van der Waals surface area contributed by atoms with Gasteiger partial charge in [-0.25, -0.2) is 0 Å². The molecular weight excluding hydrogens is 222 g/mol. The Morgan fingerprint density at radius 1 is 1.53 bits per heavy atom. The highest BCUT2D eigenvalue weighted by molar-refractivity contribution is 5.88. The van der Waals surface area contributed by atoms with Crippen molar-refractivity contribution in [3.05, 3.63) is 0 Å². The minimum Gasteiger partial charge on any atom is -0.449 e. The van der Waals surface area contributed by atoms with E-state index in [0.29, 0.717) is 6.42 Å². The van der Waals surface area contributed by atoms with Crippen molar-refractivity contribution in [2.45, 2.75) is 57.2 Å². The van der Waals surface area contributed by atoms with Crippen molar-refractivity contribution < 1.29 is 19.4 Å². The number of fused-ring (bicyclic) bond motifs is 1. The average molecular weight is 241 g/mol. The Labute approximate surface area is 101 Å². The lowest BCUT2D eigenvalue weighted by Gasteiger charge is -2.42. The molecule has 0 spiro atoms. The molecule has 0 aromatic rings. The number of carbonyl (C=O) groups is 2. The number of aliphatic hydroxyl groups excluding tert-OH is 1. The van der Waals surface area contributed by atoms with Crippen LogP contribution in [0.2, 0.25) is 0 Å². The summed E-state index contributed by atoms with van der Waals surface area (Å²) < 4.78 is 5.18. The number of nitrogens with zero attached hydrogens (tertiary/aromatic N) is 1. The molecule has 0 saturated carbocycles. The number of hydrogen-bond acceptors (Lipinski definition) is 4. The molecular formula is C12H19NO4. The largest absolute Gasteiger partial charge is 0.449 e. The van der Waals surface area contributed by atoms with Crippen molar-refractivity contribution in [2.75, 3.05) is 6.61 Å². The third-order valence-corrected chi connectivity index (χ3v) is 3.84. The zero-order valence-electron chi connectivity index (χ0n) is 10.3. The molecule has 17 heavy (non-hydrogen) atoms. The Hall–Kier alpha value is -1.10. The second-order valence-electron chi connectivity index (χ2n) is 5.14. The lowest BCUT2D eigenvalue weighted by molar-refractivity contribution is -0.178. The number of aliphatic hydroxyl groups is 1. The summed E-state index contributed by atoms with van der Waals surface area (Å²) in [5.74, 6) is -0.584. The topological polar surface area (TPSA) is 66.8 Å². The van der Waals surface area contributed by atoms with E-state index in [-0.39, 0.29) is 24.6 Å². The number of carbonyl (C=O) groups excluding carboxylic acids is 2. The van der Waals surface area contributed by atoms with Gasteiger partial charge in [0.1, 0.15) is 0 Å².